The first-order valence-electron chi connectivity index (χ1n) is 8.87. The Balaban J connectivity index is 1.53. The molecule has 0 fully saturated rings. The molecule has 0 aliphatic heterocycles. The standard InChI is InChI=1S/C20H19BrClN3O2S/c21-14-5-8-17-16(12-14)19(27)25(20(28)24-17)11-1-2-18(26)23-10-9-13-3-6-15(22)7-4-13/h3-8,12H,1-2,9-11H2,(H,23,26)(H,24,28). The van der Waals surface area contributed by atoms with Crippen LogP contribution in [0.1, 0.15) is 18.4 Å². The molecule has 0 atom stereocenters. The molecule has 1 amide bonds. The number of aromatic amines is 1. The fourth-order valence-electron chi connectivity index (χ4n) is 2.91. The number of carbonyl (C=O) groups is 1. The molecular weight excluding hydrogens is 462 g/mol. The van der Waals surface area contributed by atoms with Gasteiger partial charge < -0.3 is 10.3 Å². The number of benzene rings is 2. The van der Waals surface area contributed by atoms with Crippen molar-refractivity contribution in [3.05, 3.63) is 72.6 Å². The van der Waals surface area contributed by atoms with Crippen LogP contribution < -0.4 is 10.9 Å². The number of fused-ring (bicyclic) bond motifs is 1. The van der Waals surface area contributed by atoms with Gasteiger partial charge in [0.1, 0.15) is 0 Å². The Morgan fingerprint density at radius 3 is 2.71 bits per heavy atom. The maximum Gasteiger partial charge on any atom is 0.262 e. The molecule has 146 valence electrons. The summed E-state index contributed by atoms with van der Waals surface area (Å²) in [5, 5.41) is 4.16. The smallest absolute Gasteiger partial charge is 0.262 e. The molecule has 2 aromatic carbocycles. The fourth-order valence-corrected chi connectivity index (χ4v) is 3.68. The van der Waals surface area contributed by atoms with Gasteiger partial charge in [-0.25, -0.2) is 0 Å². The van der Waals surface area contributed by atoms with Crippen molar-refractivity contribution in [1.82, 2.24) is 14.9 Å². The number of H-pyrrole nitrogens is 1. The number of nitrogens with one attached hydrogen (secondary N) is 2. The van der Waals surface area contributed by atoms with E-state index < -0.39 is 0 Å². The van der Waals surface area contributed by atoms with Crippen LogP contribution in [-0.2, 0) is 17.8 Å². The van der Waals surface area contributed by atoms with E-state index in [1.54, 1.807) is 6.07 Å². The molecule has 1 heterocycles. The summed E-state index contributed by atoms with van der Waals surface area (Å²) in [6.07, 6.45) is 1.61. The highest BCUT2D eigenvalue weighted by Crippen LogP contribution is 2.15. The second-order valence-corrected chi connectivity index (χ2v) is 8.15. The highest BCUT2D eigenvalue weighted by atomic mass is 79.9. The highest BCUT2D eigenvalue weighted by molar-refractivity contribution is 9.10. The number of nitrogens with zero attached hydrogens (tertiary/aromatic N) is 1. The van der Waals surface area contributed by atoms with Gasteiger partial charge in [0, 0.05) is 29.0 Å². The Bertz CT molecular complexity index is 1110. The molecule has 3 rings (SSSR count). The van der Waals surface area contributed by atoms with Crippen LogP contribution in [0.3, 0.4) is 0 Å². The van der Waals surface area contributed by atoms with Crippen molar-refractivity contribution in [3.8, 4) is 0 Å². The first-order chi connectivity index (χ1) is 13.4. The molecule has 0 spiro atoms. The molecule has 8 heteroatoms. The van der Waals surface area contributed by atoms with Crippen LogP contribution in [-0.4, -0.2) is 22.0 Å². The molecule has 3 aromatic rings. The molecule has 0 aliphatic rings. The van der Waals surface area contributed by atoms with Crippen molar-refractivity contribution in [2.75, 3.05) is 6.54 Å². The van der Waals surface area contributed by atoms with Crippen LogP contribution in [0.15, 0.2) is 51.7 Å². The van der Waals surface area contributed by atoms with Crippen molar-refractivity contribution in [2.24, 2.45) is 0 Å². The van der Waals surface area contributed by atoms with Crippen molar-refractivity contribution in [2.45, 2.75) is 25.8 Å². The second kappa shape index (κ2) is 9.49. The Hall–Kier alpha value is -1.96. The van der Waals surface area contributed by atoms with E-state index >= 15 is 0 Å². The van der Waals surface area contributed by atoms with Crippen LogP contribution in [0.4, 0.5) is 0 Å². The molecule has 0 bridgehead atoms. The van der Waals surface area contributed by atoms with Crippen LogP contribution in [0.2, 0.25) is 5.02 Å². The zero-order valence-electron chi connectivity index (χ0n) is 15.0. The average Bonchev–Trinajstić information content (AvgIpc) is 2.67. The number of halogens is 2. The minimum absolute atomic E-state index is 0.0413. The van der Waals surface area contributed by atoms with Crippen molar-refractivity contribution >= 4 is 56.6 Å². The van der Waals surface area contributed by atoms with Crippen molar-refractivity contribution < 1.29 is 4.79 Å². The summed E-state index contributed by atoms with van der Waals surface area (Å²) in [7, 11) is 0. The quantitative estimate of drug-likeness (QED) is 0.485. The molecule has 0 saturated heterocycles. The summed E-state index contributed by atoms with van der Waals surface area (Å²) in [6.45, 7) is 0.950. The first kappa shape index (κ1) is 20.8. The van der Waals surface area contributed by atoms with Gasteiger partial charge in [0.2, 0.25) is 5.91 Å². The molecule has 5 nitrogen and oxygen atoms in total. The van der Waals surface area contributed by atoms with Gasteiger partial charge in [-0.05, 0) is 61.0 Å². The van der Waals surface area contributed by atoms with E-state index in [1.807, 2.05) is 36.4 Å². The predicted molar refractivity (Wildman–Crippen MR) is 118 cm³/mol. The molecule has 0 unspecified atom stereocenters. The van der Waals surface area contributed by atoms with Gasteiger partial charge in [0.05, 0.1) is 10.9 Å². The molecule has 0 radical (unpaired) electrons. The SMILES string of the molecule is O=C(CCCn1c(=S)[nH]c2ccc(Br)cc2c1=O)NCCc1ccc(Cl)cc1. The van der Waals surface area contributed by atoms with Crippen LogP contribution in [0.25, 0.3) is 10.9 Å². The molecule has 0 aliphatic carbocycles. The minimum Gasteiger partial charge on any atom is -0.356 e. The number of amides is 1. The van der Waals surface area contributed by atoms with Crippen LogP contribution in [0.5, 0.6) is 0 Å². The van der Waals surface area contributed by atoms with Gasteiger partial charge in [-0.15, -0.1) is 0 Å². The summed E-state index contributed by atoms with van der Waals surface area (Å²) in [5.74, 6) is -0.0413. The summed E-state index contributed by atoms with van der Waals surface area (Å²) >= 11 is 14.5. The van der Waals surface area contributed by atoms with E-state index in [9.17, 15) is 9.59 Å². The van der Waals surface area contributed by atoms with Gasteiger partial charge in [-0.2, -0.15) is 0 Å². The second-order valence-electron chi connectivity index (χ2n) is 6.41. The lowest BCUT2D eigenvalue weighted by Gasteiger charge is -2.09. The van der Waals surface area contributed by atoms with Gasteiger partial charge in [-0.3, -0.25) is 14.2 Å². The maximum atomic E-state index is 12.7. The lowest BCUT2D eigenvalue weighted by molar-refractivity contribution is -0.121. The first-order valence-corrected chi connectivity index (χ1v) is 10.5. The Morgan fingerprint density at radius 1 is 1.21 bits per heavy atom. The van der Waals surface area contributed by atoms with Gasteiger partial charge in [0.25, 0.3) is 5.56 Å². The number of hydrogen-bond donors (Lipinski definition) is 2. The third-order valence-corrected chi connectivity index (χ3v) is 5.45. The highest BCUT2D eigenvalue weighted by Gasteiger charge is 2.08. The van der Waals surface area contributed by atoms with Gasteiger partial charge in [-0.1, -0.05) is 39.7 Å². The van der Waals surface area contributed by atoms with E-state index in [1.165, 1.54) is 4.57 Å². The Kier molecular flexibility index (Phi) is 7.04. The van der Waals surface area contributed by atoms with E-state index in [4.69, 9.17) is 23.8 Å². The summed E-state index contributed by atoms with van der Waals surface area (Å²) in [6, 6.07) is 13.0. The molecule has 1 aromatic heterocycles. The number of rotatable bonds is 7. The summed E-state index contributed by atoms with van der Waals surface area (Å²) in [5.41, 5.74) is 1.67. The van der Waals surface area contributed by atoms with Crippen molar-refractivity contribution in [3.63, 3.8) is 0 Å². The van der Waals surface area contributed by atoms with Crippen LogP contribution >= 0.6 is 39.7 Å². The number of carbonyl (C=O) groups excluding carboxylic acids is 1. The number of hydrogen-bond acceptors (Lipinski definition) is 3. The topological polar surface area (TPSA) is 66.9 Å². The van der Waals surface area contributed by atoms with E-state index in [-0.39, 0.29) is 11.5 Å². The third-order valence-electron chi connectivity index (χ3n) is 4.38. The van der Waals surface area contributed by atoms with Crippen molar-refractivity contribution in [1.29, 1.82) is 0 Å². The molecule has 28 heavy (non-hydrogen) atoms. The van der Waals surface area contributed by atoms with Crippen LogP contribution in [0, 0.1) is 4.77 Å². The maximum absolute atomic E-state index is 12.7. The molecular formula is C20H19BrClN3O2S. The van der Waals surface area contributed by atoms with E-state index in [0.717, 1.165) is 16.5 Å². The van der Waals surface area contributed by atoms with Gasteiger partial charge >= 0.3 is 0 Å². The largest absolute Gasteiger partial charge is 0.356 e. The zero-order chi connectivity index (χ0) is 20.1. The van der Waals surface area contributed by atoms with Gasteiger partial charge in [0.15, 0.2) is 4.77 Å². The minimum atomic E-state index is -0.150. The third kappa shape index (κ3) is 5.31. The monoisotopic (exact) mass is 479 g/mol. The summed E-state index contributed by atoms with van der Waals surface area (Å²) < 4.78 is 2.70. The summed E-state index contributed by atoms with van der Waals surface area (Å²) in [4.78, 5) is 27.8. The Labute approximate surface area is 180 Å². The van der Waals surface area contributed by atoms with E-state index in [0.29, 0.717) is 46.6 Å². The molecule has 0 saturated carbocycles. The Morgan fingerprint density at radius 2 is 1.96 bits per heavy atom. The normalized spacial score (nSPS) is 10.9. The predicted octanol–water partition coefficient (Wildman–Crippen LogP) is 4.61. The molecule has 2 N–H and O–H groups in total. The fraction of sp³-hybridized carbons (Fsp3) is 0.250. The number of aromatic nitrogens is 2. The lowest BCUT2D eigenvalue weighted by atomic mass is 10.1. The zero-order valence-corrected chi connectivity index (χ0v) is 18.2. The average molecular weight is 481 g/mol. The lowest BCUT2D eigenvalue weighted by Crippen LogP contribution is -2.27. The van der Waals surface area contributed by atoms with E-state index in [2.05, 4.69) is 26.2 Å².